The van der Waals surface area contributed by atoms with Gasteiger partial charge in [-0.05, 0) is 38.0 Å². The lowest BCUT2D eigenvalue weighted by atomic mass is 9.74. The molecular weight excluding hydrogens is 427 g/mol. The zero-order valence-electron chi connectivity index (χ0n) is 18.5. The van der Waals surface area contributed by atoms with Crippen LogP contribution in [-0.2, 0) is 9.59 Å². The number of hydrogen-bond acceptors (Lipinski definition) is 6. The number of hydrogen-bond donors (Lipinski definition) is 5. The summed E-state index contributed by atoms with van der Waals surface area (Å²) < 4.78 is 14.9. The maximum absolute atomic E-state index is 14.9. The fraction of sp³-hybridized carbons (Fsp3) is 0.348. The van der Waals surface area contributed by atoms with Gasteiger partial charge in [0.2, 0.25) is 5.91 Å². The largest absolute Gasteiger partial charge is 0.392 e. The topological polar surface area (TPSA) is 154 Å². The van der Waals surface area contributed by atoms with Crippen LogP contribution < -0.4 is 16.4 Å². The first-order valence-electron chi connectivity index (χ1n) is 10.7. The second kappa shape index (κ2) is 10.2. The number of primary amides is 1. The number of halogens is 1. The van der Waals surface area contributed by atoms with Crippen LogP contribution in [0.2, 0.25) is 0 Å². The van der Waals surface area contributed by atoms with Crippen molar-refractivity contribution < 1.29 is 18.8 Å². The number of aromatic nitrogens is 2. The summed E-state index contributed by atoms with van der Waals surface area (Å²) in [4.78, 5) is 37.6. The number of carbonyl (C=O) groups is 3. The van der Waals surface area contributed by atoms with E-state index in [9.17, 15) is 18.8 Å². The van der Waals surface area contributed by atoms with E-state index in [0.717, 1.165) is 18.5 Å². The van der Waals surface area contributed by atoms with Crippen LogP contribution in [0.15, 0.2) is 36.2 Å². The molecule has 1 heterocycles. The molecule has 1 aliphatic carbocycles. The third-order valence-electron chi connectivity index (χ3n) is 5.75. The molecule has 2 amide bonds. The summed E-state index contributed by atoms with van der Waals surface area (Å²) in [7, 11) is 1.55. The summed E-state index contributed by atoms with van der Waals surface area (Å²) in [6.45, 7) is 1.81. The van der Waals surface area contributed by atoms with Gasteiger partial charge in [0.05, 0.1) is 22.6 Å². The molecule has 1 saturated carbocycles. The van der Waals surface area contributed by atoms with E-state index >= 15 is 0 Å². The minimum atomic E-state index is -0.998. The van der Waals surface area contributed by atoms with Gasteiger partial charge < -0.3 is 16.4 Å². The summed E-state index contributed by atoms with van der Waals surface area (Å²) in [6.07, 6.45) is 3.63. The minimum Gasteiger partial charge on any atom is -0.392 e. The number of nitrogens with two attached hydrogens (primary N) is 1. The van der Waals surface area contributed by atoms with Crippen molar-refractivity contribution in [1.29, 1.82) is 5.41 Å². The third-order valence-corrected chi connectivity index (χ3v) is 5.75. The Bertz CT molecular complexity index is 1120. The Morgan fingerprint density at radius 1 is 1.21 bits per heavy atom. The number of Topliss-reactive ketones (excluding diaryl/α,β-unsaturated/α-hetero) is 1. The molecule has 1 aromatic carbocycles. The molecule has 0 bridgehead atoms. The average Bonchev–Trinajstić information content (AvgIpc) is 3.24. The molecular formula is C23H27FN6O3. The summed E-state index contributed by atoms with van der Waals surface area (Å²) in [5, 5.41) is 19.8. The number of aryl methyl sites for hydroxylation is 1. The summed E-state index contributed by atoms with van der Waals surface area (Å²) in [6, 6.07) is 6.13. The van der Waals surface area contributed by atoms with Crippen LogP contribution in [0.5, 0.6) is 0 Å². The zero-order valence-corrected chi connectivity index (χ0v) is 18.5. The SMILES string of the molecule is CN/C=C(/NC(=O)C1CCCCC1C(=O)c1ccc(-c2cc(C)n[nH]2)cc1F)C(=N)C(N)=O. The fourth-order valence-electron chi connectivity index (χ4n) is 4.08. The number of H-pyrrole nitrogens is 1. The first-order chi connectivity index (χ1) is 15.7. The second-order valence-electron chi connectivity index (χ2n) is 8.05. The molecule has 2 aromatic rings. The molecule has 1 aromatic heterocycles. The molecule has 6 N–H and O–H groups in total. The normalized spacial score (nSPS) is 18.5. The predicted molar refractivity (Wildman–Crippen MR) is 121 cm³/mol. The molecule has 0 spiro atoms. The van der Waals surface area contributed by atoms with Gasteiger partial charge in [-0.2, -0.15) is 5.10 Å². The molecule has 0 aliphatic heterocycles. The number of ketones is 1. The Labute approximate surface area is 190 Å². The summed E-state index contributed by atoms with van der Waals surface area (Å²) >= 11 is 0. The van der Waals surface area contributed by atoms with E-state index in [1.54, 1.807) is 19.2 Å². The maximum Gasteiger partial charge on any atom is 0.268 e. The Hall–Kier alpha value is -3.82. The van der Waals surface area contributed by atoms with Crippen molar-refractivity contribution in [3.8, 4) is 11.3 Å². The molecule has 1 fully saturated rings. The molecule has 1 aliphatic rings. The van der Waals surface area contributed by atoms with Crippen molar-refractivity contribution in [3.63, 3.8) is 0 Å². The fourth-order valence-corrected chi connectivity index (χ4v) is 4.08. The lowest BCUT2D eigenvalue weighted by Gasteiger charge is -2.30. The van der Waals surface area contributed by atoms with Crippen LogP contribution >= 0.6 is 0 Å². The van der Waals surface area contributed by atoms with Crippen molar-refractivity contribution >= 4 is 23.3 Å². The quantitative estimate of drug-likeness (QED) is 0.306. The zero-order chi connectivity index (χ0) is 24.1. The van der Waals surface area contributed by atoms with Gasteiger partial charge in [-0.15, -0.1) is 0 Å². The molecule has 10 heteroatoms. The lowest BCUT2D eigenvalue weighted by Crippen LogP contribution is -2.42. The predicted octanol–water partition coefficient (Wildman–Crippen LogP) is 2.20. The van der Waals surface area contributed by atoms with E-state index in [4.69, 9.17) is 11.1 Å². The summed E-state index contributed by atoms with van der Waals surface area (Å²) in [5.74, 6) is -4.05. The molecule has 0 radical (unpaired) electrons. The summed E-state index contributed by atoms with van der Waals surface area (Å²) in [5.41, 5.74) is 6.40. The monoisotopic (exact) mass is 454 g/mol. The highest BCUT2D eigenvalue weighted by Crippen LogP contribution is 2.34. The van der Waals surface area contributed by atoms with Gasteiger partial charge >= 0.3 is 0 Å². The highest BCUT2D eigenvalue weighted by atomic mass is 19.1. The Kier molecular flexibility index (Phi) is 7.37. The minimum absolute atomic E-state index is 0.0736. The van der Waals surface area contributed by atoms with Crippen molar-refractivity contribution in [1.82, 2.24) is 20.8 Å². The van der Waals surface area contributed by atoms with Gasteiger partial charge in [-0.1, -0.05) is 18.9 Å². The Morgan fingerprint density at radius 3 is 2.48 bits per heavy atom. The molecule has 2 atom stereocenters. The van der Waals surface area contributed by atoms with E-state index in [-0.39, 0.29) is 11.3 Å². The van der Waals surface area contributed by atoms with Crippen LogP contribution in [0, 0.1) is 30.0 Å². The number of rotatable bonds is 8. The molecule has 3 rings (SSSR count). The highest BCUT2D eigenvalue weighted by molar-refractivity contribution is 6.43. The number of amides is 2. The standard InChI is InChI=1S/C23H27FN6O3/c1-12-9-18(30-29-12)13-7-8-16(17(24)10-13)21(31)14-5-3-4-6-15(14)23(33)28-19(11-27-2)20(25)22(26)32/h7-11,14-15,25,27H,3-6H2,1-2H3,(H2,26,32)(H,28,33)(H,29,30)/b19-11+,25-20?. The van der Waals surface area contributed by atoms with Gasteiger partial charge in [0.25, 0.3) is 5.91 Å². The van der Waals surface area contributed by atoms with Gasteiger partial charge in [0.15, 0.2) is 5.78 Å². The van der Waals surface area contributed by atoms with Gasteiger partial charge in [-0.25, -0.2) is 4.39 Å². The van der Waals surface area contributed by atoms with Crippen LogP contribution in [0.25, 0.3) is 11.3 Å². The van der Waals surface area contributed by atoms with Crippen LogP contribution in [0.1, 0.15) is 41.7 Å². The third kappa shape index (κ3) is 5.33. The van der Waals surface area contributed by atoms with Gasteiger partial charge in [0.1, 0.15) is 11.5 Å². The first kappa shape index (κ1) is 23.8. The number of nitrogens with zero attached hydrogens (tertiary/aromatic N) is 1. The van der Waals surface area contributed by atoms with E-state index in [0.29, 0.717) is 24.1 Å². The molecule has 33 heavy (non-hydrogen) atoms. The number of aromatic amines is 1. The van der Waals surface area contributed by atoms with Crippen molar-refractivity contribution in [2.45, 2.75) is 32.6 Å². The molecule has 9 nitrogen and oxygen atoms in total. The van der Waals surface area contributed by atoms with E-state index < -0.39 is 41.0 Å². The number of benzene rings is 1. The van der Waals surface area contributed by atoms with Crippen molar-refractivity contribution in [2.24, 2.45) is 17.6 Å². The highest BCUT2D eigenvalue weighted by Gasteiger charge is 2.37. The van der Waals surface area contributed by atoms with Crippen molar-refractivity contribution in [2.75, 3.05) is 7.05 Å². The number of carbonyl (C=O) groups excluding carboxylic acids is 3. The van der Waals surface area contributed by atoms with Crippen LogP contribution in [0.4, 0.5) is 4.39 Å². The maximum atomic E-state index is 14.9. The van der Waals surface area contributed by atoms with E-state index in [1.807, 2.05) is 6.92 Å². The average molecular weight is 455 g/mol. The van der Waals surface area contributed by atoms with Gasteiger partial charge in [0, 0.05) is 30.6 Å². The lowest BCUT2D eigenvalue weighted by molar-refractivity contribution is -0.126. The van der Waals surface area contributed by atoms with Crippen molar-refractivity contribution in [3.05, 3.63) is 53.2 Å². The first-order valence-corrected chi connectivity index (χ1v) is 10.7. The van der Waals surface area contributed by atoms with Crippen LogP contribution in [-0.4, -0.2) is 40.6 Å². The smallest absolute Gasteiger partial charge is 0.268 e. The second-order valence-corrected chi connectivity index (χ2v) is 8.05. The Balaban J connectivity index is 1.82. The molecule has 174 valence electrons. The number of nitrogens with one attached hydrogen (secondary N) is 4. The van der Waals surface area contributed by atoms with E-state index in [2.05, 4.69) is 20.8 Å². The molecule has 2 unspecified atom stereocenters. The van der Waals surface area contributed by atoms with Crippen LogP contribution in [0.3, 0.4) is 0 Å². The van der Waals surface area contributed by atoms with E-state index in [1.165, 1.54) is 18.3 Å². The van der Waals surface area contributed by atoms with Gasteiger partial charge in [-0.3, -0.25) is 24.9 Å². The Morgan fingerprint density at radius 2 is 1.91 bits per heavy atom. The molecule has 0 saturated heterocycles.